The van der Waals surface area contributed by atoms with Gasteiger partial charge in [0.15, 0.2) is 0 Å². The van der Waals surface area contributed by atoms with Gasteiger partial charge in [0.2, 0.25) is 0 Å². The highest BCUT2D eigenvalue weighted by Crippen LogP contribution is 1.80. The monoisotopic (exact) mass is 112 g/mol. The summed E-state index contributed by atoms with van der Waals surface area (Å²) in [6, 6.07) is 0. The van der Waals surface area contributed by atoms with E-state index in [1.165, 1.54) is 0 Å². The van der Waals surface area contributed by atoms with Crippen molar-refractivity contribution in [3.8, 4) is 0 Å². The third kappa shape index (κ3) is 3.40. The van der Waals surface area contributed by atoms with E-state index in [9.17, 15) is 0 Å². The second-order valence-corrected chi connectivity index (χ2v) is 1.55. The molecule has 0 aromatic rings. The Hall–Kier alpha value is -0.790. The summed E-state index contributed by atoms with van der Waals surface area (Å²) in [5.74, 6) is 0. The molecule has 0 aliphatic carbocycles. The maximum absolute atomic E-state index is 3.66. The van der Waals surface area contributed by atoms with E-state index in [1.54, 1.807) is 5.01 Å². The fraction of sp³-hybridized carbons (Fsp3) is 0.500. The van der Waals surface area contributed by atoms with E-state index in [0.29, 0.717) is 0 Å². The van der Waals surface area contributed by atoms with Crippen LogP contribution >= 0.6 is 0 Å². The largest absolute Gasteiger partial charge is 0.297 e. The summed E-state index contributed by atoms with van der Waals surface area (Å²) < 4.78 is 0. The Morgan fingerprint density at radius 2 is 2.38 bits per heavy atom. The molecule has 0 atom stereocenters. The quantitative estimate of drug-likeness (QED) is 0.303. The molecular weight excluding hydrogens is 100 g/mol. The van der Waals surface area contributed by atoms with Gasteiger partial charge in [-0.1, -0.05) is 12.2 Å². The van der Waals surface area contributed by atoms with Crippen molar-refractivity contribution in [2.75, 3.05) is 13.6 Å². The van der Waals surface area contributed by atoms with Gasteiger partial charge in [0.05, 0.1) is 6.54 Å². The molecule has 0 saturated carbocycles. The van der Waals surface area contributed by atoms with Crippen LogP contribution in [0.25, 0.3) is 0 Å². The molecule has 0 aromatic carbocycles. The third-order valence-corrected chi connectivity index (χ3v) is 0.847. The van der Waals surface area contributed by atoms with Gasteiger partial charge in [-0.3, -0.25) is 5.01 Å². The predicted octanol–water partition coefficient (Wildman–Crippen LogP) is 1.11. The normalized spacial score (nSPS) is 9.75. The zero-order valence-corrected chi connectivity index (χ0v) is 5.46. The molecule has 0 unspecified atom stereocenters. The minimum atomic E-state index is 0.847. The minimum Gasteiger partial charge on any atom is -0.297 e. The van der Waals surface area contributed by atoms with Crippen LogP contribution in [0, 0.1) is 0 Å². The summed E-state index contributed by atoms with van der Waals surface area (Å²) in [6.07, 6.45) is 4.01. The van der Waals surface area contributed by atoms with Gasteiger partial charge in [0.1, 0.15) is 0 Å². The van der Waals surface area contributed by atoms with Crippen molar-refractivity contribution in [2.45, 2.75) is 6.92 Å². The van der Waals surface area contributed by atoms with Crippen molar-refractivity contribution in [1.29, 1.82) is 0 Å². The Bertz CT molecular complexity index is 86.5. The van der Waals surface area contributed by atoms with Gasteiger partial charge in [-0.15, -0.1) is 0 Å². The summed E-state index contributed by atoms with van der Waals surface area (Å²) in [6.45, 7) is 6.19. The van der Waals surface area contributed by atoms with Gasteiger partial charge in [-0.05, 0) is 6.92 Å². The van der Waals surface area contributed by atoms with E-state index in [4.69, 9.17) is 0 Å². The van der Waals surface area contributed by atoms with Gasteiger partial charge >= 0.3 is 0 Å². The van der Waals surface area contributed by atoms with Crippen molar-refractivity contribution >= 4 is 6.72 Å². The highest BCUT2D eigenvalue weighted by molar-refractivity contribution is 5.22. The smallest absolute Gasteiger partial charge is 0.0537 e. The zero-order chi connectivity index (χ0) is 6.41. The molecule has 0 radical (unpaired) electrons. The van der Waals surface area contributed by atoms with Crippen molar-refractivity contribution in [1.82, 2.24) is 5.01 Å². The molecule has 0 bridgehead atoms. The Morgan fingerprint density at radius 3 is 2.75 bits per heavy atom. The molecule has 0 rings (SSSR count). The van der Waals surface area contributed by atoms with Crippen LogP contribution in [0.1, 0.15) is 6.92 Å². The Kier molecular flexibility index (Phi) is 3.94. The standard InChI is InChI=1S/C6H12N2/c1-4-5-6-8(3)7-2/h4-5H,2,6H2,1,3H3. The summed E-state index contributed by atoms with van der Waals surface area (Å²) in [5.41, 5.74) is 0. The van der Waals surface area contributed by atoms with Crippen LogP contribution in [0.2, 0.25) is 0 Å². The van der Waals surface area contributed by atoms with E-state index in [2.05, 4.69) is 11.8 Å². The highest BCUT2D eigenvalue weighted by atomic mass is 15.4. The van der Waals surface area contributed by atoms with Gasteiger partial charge < -0.3 is 0 Å². The first-order valence-corrected chi connectivity index (χ1v) is 2.60. The van der Waals surface area contributed by atoms with Crippen LogP contribution in [0.15, 0.2) is 17.3 Å². The molecule has 0 saturated heterocycles. The lowest BCUT2D eigenvalue weighted by molar-refractivity contribution is 0.398. The summed E-state index contributed by atoms with van der Waals surface area (Å²) in [7, 11) is 1.88. The highest BCUT2D eigenvalue weighted by Gasteiger charge is 1.80. The molecule has 0 amide bonds. The molecule has 0 fully saturated rings. The van der Waals surface area contributed by atoms with Crippen molar-refractivity contribution < 1.29 is 0 Å². The minimum absolute atomic E-state index is 0.847. The van der Waals surface area contributed by atoms with E-state index in [0.717, 1.165) is 6.54 Å². The average molecular weight is 112 g/mol. The molecule has 0 aliphatic heterocycles. The number of hydrogen-bond acceptors (Lipinski definition) is 2. The third-order valence-electron chi connectivity index (χ3n) is 0.847. The van der Waals surface area contributed by atoms with Crippen LogP contribution in [0.4, 0.5) is 0 Å². The van der Waals surface area contributed by atoms with Crippen molar-refractivity contribution in [3.63, 3.8) is 0 Å². The molecule has 8 heavy (non-hydrogen) atoms. The number of rotatable bonds is 3. The Labute approximate surface area is 50.5 Å². The molecule has 2 nitrogen and oxygen atoms in total. The lowest BCUT2D eigenvalue weighted by atomic mass is 10.5. The first-order valence-electron chi connectivity index (χ1n) is 2.60. The molecule has 46 valence electrons. The van der Waals surface area contributed by atoms with E-state index < -0.39 is 0 Å². The Balaban J connectivity index is 3.23. The number of allylic oxidation sites excluding steroid dienone is 1. The summed E-state index contributed by atoms with van der Waals surface area (Å²) in [4.78, 5) is 0. The van der Waals surface area contributed by atoms with Crippen LogP contribution in [0.5, 0.6) is 0 Å². The number of hydrazone groups is 1. The first-order chi connectivity index (χ1) is 3.81. The number of likely N-dealkylation sites (N-methyl/N-ethyl adjacent to an activating group) is 1. The maximum atomic E-state index is 3.66. The molecule has 0 N–H and O–H groups in total. The SMILES string of the molecule is C=NN(C)CC=CC. The summed E-state index contributed by atoms with van der Waals surface area (Å²) >= 11 is 0. The molecule has 0 spiro atoms. The van der Waals surface area contributed by atoms with Gasteiger partial charge in [0, 0.05) is 13.8 Å². The molecular formula is C6H12N2. The summed E-state index contributed by atoms with van der Waals surface area (Å²) in [5, 5.41) is 5.42. The first kappa shape index (κ1) is 7.21. The van der Waals surface area contributed by atoms with Crippen LogP contribution < -0.4 is 0 Å². The van der Waals surface area contributed by atoms with Crippen LogP contribution in [-0.2, 0) is 0 Å². The fourth-order valence-corrected chi connectivity index (χ4v) is 0.316. The van der Waals surface area contributed by atoms with Crippen molar-refractivity contribution in [3.05, 3.63) is 12.2 Å². The molecule has 0 heterocycles. The lowest BCUT2D eigenvalue weighted by Crippen LogP contribution is -2.08. The number of nitrogens with zero attached hydrogens (tertiary/aromatic N) is 2. The van der Waals surface area contributed by atoms with Crippen LogP contribution in [0.3, 0.4) is 0 Å². The molecule has 0 aromatic heterocycles. The number of hydrogen-bond donors (Lipinski definition) is 0. The predicted molar refractivity (Wildman–Crippen MR) is 37.0 cm³/mol. The molecule has 2 heteroatoms. The Morgan fingerprint density at radius 1 is 1.75 bits per heavy atom. The average Bonchev–Trinajstić information content (AvgIpc) is 1.83. The van der Waals surface area contributed by atoms with E-state index >= 15 is 0 Å². The second kappa shape index (κ2) is 4.37. The topological polar surface area (TPSA) is 15.6 Å². The van der Waals surface area contributed by atoms with Crippen LogP contribution in [-0.4, -0.2) is 25.3 Å². The maximum Gasteiger partial charge on any atom is 0.0537 e. The zero-order valence-electron chi connectivity index (χ0n) is 5.46. The second-order valence-electron chi connectivity index (χ2n) is 1.55. The van der Waals surface area contributed by atoms with Gasteiger partial charge in [-0.25, -0.2) is 0 Å². The lowest BCUT2D eigenvalue weighted by Gasteiger charge is -2.06. The fourth-order valence-electron chi connectivity index (χ4n) is 0.316. The molecule has 0 aliphatic rings. The van der Waals surface area contributed by atoms with Crippen molar-refractivity contribution in [2.24, 2.45) is 5.10 Å². The van der Waals surface area contributed by atoms with Gasteiger partial charge in [0.25, 0.3) is 0 Å². The van der Waals surface area contributed by atoms with E-state index in [1.807, 2.05) is 26.1 Å². The van der Waals surface area contributed by atoms with E-state index in [-0.39, 0.29) is 0 Å². The van der Waals surface area contributed by atoms with Gasteiger partial charge in [-0.2, -0.15) is 5.10 Å².